The van der Waals surface area contributed by atoms with Crippen molar-refractivity contribution in [3.8, 4) is 0 Å². The predicted octanol–water partition coefficient (Wildman–Crippen LogP) is 1.85. The molecule has 1 unspecified atom stereocenters. The molecule has 1 N–H and O–H groups in total. The van der Waals surface area contributed by atoms with Crippen LogP contribution in [0, 0.1) is 0 Å². The Kier molecular flexibility index (Phi) is 4.23. The molecule has 1 aromatic heterocycles. The van der Waals surface area contributed by atoms with Crippen LogP contribution in [-0.2, 0) is 11.2 Å². The lowest BCUT2D eigenvalue weighted by Gasteiger charge is -2.17. The van der Waals surface area contributed by atoms with Gasteiger partial charge in [0.25, 0.3) is 5.91 Å². The Balaban J connectivity index is 1.51. The molecule has 5 nitrogen and oxygen atoms in total. The number of benzene rings is 1. The van der Waals surface area contributed by atoms with E-state index < -0.39 is 0 Å². The van der Waals surface area contributed by atoms with Gasteiger partial charge in [-0.3, -0.25) is 9.59 Å². The van der Waals surface area contributed by atoms with E-state index in [4.69, 9.17) is 4.42 Å². The zero-order valence-corrected chi connectivity index (χ0v) is 12.2. The molecule has 1 aliphatic rings. The molecule has 0 aliphatic carbocycles. The van der Waals surface area contributed by atoms with Crippen LogP contribution in [0.1, 0.15) is 22.5 Å². The molecule has 1 aliphatic heterocycles. The maximum absolute atomic E-state index is 12.0. The number of rotatable bonds is 5. The number of hydrogen-bond donors (Lipinski definition) is 1. The first-order valence-corrected chi connectivity index (χ1v) is 7.38. The summed E-state index contributed by atoms with van der Waals surface area (Å²) >= 11 is 0. The van der Waals surface area contributed by atoms with Crippen LogP contribution < -0.4 is 5.32 Å². The van der Waals surface area contributed by atoms with Crippen molar-refractivity contribution in [2.24, 2.45) is 0 Å². The number of nitrogens with zero attached hydrogens (tertiary/aromatic N) is 1. The number of carbonyl (C=O) groups is 2. The predicted molar refractivity (Wildman–Crippen MR) is 81.3 cm³/mol. The van der Waals surface area contributed by atoms with Crippen LogP contribution in [0.4, 0.5) is 0 Å². The normalized spacial score (nSPS) is 17.7. The maximum atomic E-state index is 12.0. The third-order valence-corrected chi connectivity index (χ3v) is 3.81. The summed E-state index contributed by atoms with van der Waals surface area (Å²) in [5, 5.41) is 2.84. The molecule has 0 bridgehead atoms. The van der Waals surface area contributed by atoms with E-state index in [-0.39, 0.29) is 23.6 Å². The van der Waals surface area contributed by atoms with Gasteiger partial charge >= 0.3 is 0 Å². The number of likely N-dealkylation sites (tertiary alicyclic amines) is 1. The Bertz CT molecular complexity index is 637. The molecule has 22 heavy (non-hydrogen) atoms. The van der Waals surface area contributed by atoms with Crippen molar-refractivity contribution < 1.29 is 14.0 Å². The van der Waals surface area contributed by atoms with E-state index in [2.05, 4.69) is 17.4 Å². The fourth-order valence-electron chi connectivity index (χ4n) is 2.66. The van der Waals surface area contributed by atoms with Crippen molar-refractivity contribution in [1.29, 1.82) is 0 Å². The summed E-state index contributed by atoms with van der Waals surface area (Å²) in [6.07, 6.45) is 2.63. The summed E-state index contributed by atoms with van der Waals surface area (Å²) in [5.41, 5.74) is 1.21. The quantitative estimate of drug-likeness (QED) is 0.916. The first kappa shape index (κ1) is 14.4. The van der Waals surface area contributed by atoms with E-state index >= 15 is 0 Å². The van der Waals surface area contributed by atoms with Crippen molar-refractivity contribution in [1.82, 2.24) is 10.2 Å². The molecular weight excluding hydrogens is 280 g/mol. The van der Waals surface area contributed by atoms with Gasteiger partial charge in [0.1, 0.15) is 0 Å². The van der Waals surface area contributed by atoms with Crippen LogP contribution in [0.5, 0.6) is 0 Å². The molecule has 3 rings (SSSR count). The number of amides is 2. The Morgan fingerprint density at radius 2 is 2.05 bits per heavy atom. The zero-order valence-electron chi connectivity index (χ0n) is 12.2. The van der Waals surface area contributed by atoms with E-state index in [0.29, 0.717) is 19.5 Å². The van der Waals surface area contributed by atoms with Crippen LogP contribution in [0.15, 0.2) is 53.1 Å². The standard InChI is InChI=1S/C17H18N2O3/c20-16-11-14(18-17(21)15-7-4-10-22-15)12-19(16)9-8-13-5-2-1-3-6-13/h1-7,10,14H,8-9,11-12H2,(H,18,21). The molecule has 2 heterocycles. The Morgan fingerprint density at radius 1 is 1.23 bits per heavy atom. The smallest absolute Gasteiger partial charge is 0.287 e. The van der Waals surface area contributed by atoms with E-state index in [1.165, 1.54) is 11.8 Å². The zero-order chi connectivity index (χ0) is 15.4. The highest BCUT2D eigenvalue weighted by molar-refractivity contribution is 5.92. The number of hydrogen-bond acceptors (Lipinski definition) is 3. The number of carbonyl (C=O) groups excluding carboxylic acids is 2. The lowest BCUT2D eigenvalue weighted by Crippen LogP contribution is -2.37. The van der Waals surface area contributed by atoms with Gasteiger partial charge in [-0.05, 0) is 24.1 Å². The topological polar surface area (TPSA) is 62.6 Å². The minimum absolute atomic E-state index is 0.0840. The molecule has 0 radical (unpaired) electrons. The summed E-state index contributed by atoms with van der Waals surface area (Å²) < 4.78 is 5.05. The molecular formula is C17H18N2O3. The van der Waals surface area contributed by atoms with Crippen LogP contribution in [0.2, 0.25) is 0 Å². The average Bonchev–Trinajstić information content (AvgIpc) is 3.16. The molecule has 2 aromatic rings. The van der Waals surface area contributed by atoms with Crippen LogP contribution in [-0.4, -0.2) is 35.8 Å². The first-order chi connectivity index (χ1) is 10.7. The molecule has 5 heteroatoms. The molecule has 0 spiro atoms. The Hall–Kier alpha value is -2.56. The maximum Gasteiger partial charge on any atom is 0.287 e. The lowest BCUT2D eigenvalue weighted by atomic mass is 10.1. The van der Waals surface area contributed by atoms with Crippen LogP contribution in [0.3, 0.4) is 0 Å². The van der Waals surface area contributed by atoms with E-state index in [1.54, 1.807) is 17.0 Å². The molecule has 1 aromatic carbocycles. The SMILES string of the molecule is O=C(NC1CC(=O)N(CCc2ccccc2)C1)c1ccco1. The van der Waals surface area contributed by atoms with Crippen LogP contribution >= 0.6 is 0 Å². The second-order valence-corrected chi connectivity index (χ2v) is 5.43. The monoisotopic (exact) mass is 298 g/mol. The van der Waals surface area contributed by atoms with Gasteiger partial charge in [0.15, 0.2) is 5.76 Å². The summed E-state index contributed by atoms with van der Waals surface area (Å²) in [4.78, 5) is 25.8. The van der Waals surface area contributed by atoms with Crippen molar-refractivity contribution in [2.45, 2.75) is 18.9 Å². The van der Waals surface area contributed by atoms with Gasteiger partial charge in [-0.1, -0.05) is 30.3 Å². The average molecular weight is 298 g/mol. The fraction of sp³-hybridized carbons (Fsp3) is 0.294. The Morgan fingerprint density at radius 3 is 2.77 bits per heavy atom. The molecule has 0 saturated carbocycles. The fourth-order valence-corrected chi connectivity index (χ4v) is 2.66. The van der Waals surface area contributed by atoms with E-state index in [9.17, 15) is 9.59 Å². The summed E-state index contributed by atoms with van der Waals surface area (Å²) in [6.45, 7) is 1.23. The number of furan rings is 1. The van der Waals surface area contributed by atoms with Gasteiger partial charge in [-0.2, -0.15) is 0 Å². The highest BCUT2D eigenvalue weighted by atomic mass is 16.3. The second-order valence-electron chi connectivity index (χ2n) is 5.43. The molecule has 1 atom stereocenters. The van der Waals surface area contributed by atoms with Gasteiger partial charge in [-0.15, -0.1) is 0 Å². The first-order valence-electron chi connectivity index (χ1n) is 7.38. The van der Waals surface area contributed by atoms with Crippen molar-refractivity contribution >= 4 is 11.8 Å². The largest absolute Gasteiger partial charge is 0.459 e. The molecule has 2 amide bonds. The minimum atomic E-state index is -0.271. The number of nitrogens with one attached hydrogen (secondary N) is 1. The van der Waals surface area contributed by atoms with Crippen LogP contribution in [0.25, 0.3) is 0 Å². The second kappa shape index (κ2) is 6.47. The molecule has 1 fully saturated rings. The highest BCUT2D eigenvalue weighted by Crippen LogP contribution is 2.13. The summed E-state index contributed by atoms with van der Waals surface area (Å²) in [7, 11) is 0. The van der Waals surface area contributed by atoms with Gasteiger partial charge in [0, 0.05) is 19.5 Å². The van der Waals surface area contributed by atoms with Gasteiger partial charge in [0.05, 0.1) is 12.3 Å². The van der Waals surface area contributed by atoms with E-state index in [0.717, 1.165) is 6.42 Å². The molecule has 1 saturated heterocycles. The van der Waals surface area contributed by atoms with Crippen molar-refractivity contribution in [2.75, 3.05) is 13.1 Å². The van der Waals surface area contributed by atoms with Gasteiger partial charge in [0.2, 0.25) is 5.91 Å². The third-order valence-electron chi connectivity index (χ3n) is 3.81. The lowest BCUT2D eigenvalue weighted by molar-refractivity contribution is -0.127. The summed E-state index contributed by atoms with van der Waals surface area (Å²) in [6, 6.07) is 13.2. The summed E-state index contributed by atoms with van der Waals surface area (Å²) in [5.74, 6) is 0.0866. The van der Waals surface area contributed by atoms with Crippen molar-refractivity contribution in [3.63, 3.8) is 0 Å². The van der Waals surface area contributed by atoms with Gasteiger partial charge in [-0.25, -0.2) is 0 Å². The van der Waals surface area contributed by atoms with Crippen molar-refractivity contribution in [3.05, 3.63) is 60.1 Å². The highest BCUT2D eigenvalue weighted by Gasteiger charge is 2.30. The third kappa shape index (κ3) is 3.36. The Labute approximate surface area is 128 Å². The molecule has 114 valence electrons. The minimum Gasteiger partial charge on any atom is -0.459 e. The van der Waals surface area contributed by atoms with Gasteiger partial charge < -0.3 is 14.6 Å². The van der Waals surface area contributed by atoms with E-state index in [1.807, 2.05) is 18.2 Å².